The number of halogens is 1. The largest absolute Gasteiger partial charge is 0.306 e. The Kier molecular flexibility index (Phi) is 23.5. The molecule has 0 fully saturated rings. The molecular formula is C48H74BBrN2O2S2. The van der Waals surface area contributed by atoms with Crippen LogP contribution in [0.4, 0.5) is 0 Å². The zero-order chi connectivity index (χ0) is 39.8. The summed E-state index contributed by atoms with van der Waals surface area (Å²) in [7, 11) is 6.23. The Bertz CT molecular complexity index is 1380. The van der Waals surface area contributed by atoms with Gasteiger partial charge in [0.05, 0.1) is 36.1 Å². The highest BCUT2D eigenvalue weighted by Gasteiger charge is 2.49. The minimum absolute atomic E-state index is 0.0285. The van der Waals surface area contributed by atoms with Crippen molar-refractivity contribution in [3.05, 3.63) is 49.0 Å². The van der Waals surface area contributed by atoms with Gasteiger partial charge >= 0.3 is 0 Å². The fraction of sp³-hybridized carbons (Fsp3) is 0.708. The molecule has 2 aliphatic heterocycles. The molecule has 4 heterocycles. The molecule has 0 N–H and O–H groups in total. The minimum atomic E-state index is -0.0285. The lowest BCUT2D eigenvalue weighted by molar-refractivity contribution is -0.124. The van der Waals surface area contributed by atoms with Gasteiger partial charge < -0.3 is 9.80 Å². The molecular weight excluding hydrogens is 791 g/mol. The number of hydrogen-bond donors (Lipinski definition) is 0. The third kappa shape index (κ3) is 15.5. The number of carbonyl (C=O) groups is 2. The van der Waals surface area contributed by atoms with Crippen molar-refractivity contribution in [3.8, 4) is 0 Å². The summed E-state index contributed by atoms with van der Waals surface area (Å²) in [4.78, 5) is 34.6. The van der Waals surface area contributed by atoms with Crippen LogP contribution in [0.25, 0.3) is 11.4 Å². The predicted molar refractivity (Wildman–Crippen MR) is 249 cm³/mol. The SMILES string of the molecule is [B]c1ccc(C2=C3C(=O)N(CCCCCCCCCCCCCCCCC)C(c4ccc(Br)s4)=C3C(=O)N2CCCCCCCCCCCCCCCCC)s1. The van der Waals surface area contributed by atoms with Gasteiger partial charge in [0.2, 0.25) is 0 Å². The van der Waals surface area contributed by atoms with Crippen molar-refractivity contribution in [1.82, 2.24) is 9.80 Å². The summed E-state index contributed by atoms with van der Waals surface area (Å²) in [5, 5.41) is 0. The van der Waals surface area contributed by atoms with Gasteiger partial charge in [0, 0.05) is 13.1 Å². The van der Waals surface area contributed by atoms with Crippen molar-refractivity contribution in [2.75, 3.05) is 13.1 Å². The molecule has 0 atom stereocenters. The Morgan fingerprint density at radius 1 is 0.446 bits per heavy atom. The van der Waals surface area contributed by atoms with Crippen molar-refractivity contribution in [1.29, 1.82) is 0 Å². The van der Waals surface area contributed by atoms with Crippen LogP contribution in [0, 0.1) is 0 Å². The molecule has 2 amide bonds. The molecule has 2 aromatic rings. The third-order valence-electron chi connectivity index (χ3n) is 11.8. The van der Waals surface area contributed by atoms with Gasteiger partial charge in [-0.3, -0.25) is 9.59 Å². The van der Waals surface area contributed by atoms with Crippen molar-refractivity contribution in [3.63, 3.8) is 0 Å². The summed E-state index contributed by atoms with van der Waals surface area (Å²) in [6, 6.07) is 7.97. The number of rotatable bonds is 34. The predicted octanol–water partition coefficient (Wildman–Crippen LogP) is 14.9. The minimum Gasteiger partial charge on any atom is -0.306 e. The van der Waals surface area contributed by atoms with E-state index >= 15 is 0 Å². The third-order valence-corrected chi connectivity index (χ3v) is 14.4. The van der Waals surface area contributed by atoms with Gasteiger partial charge in [-0.1, -0.05) is 200 Å². The fourth-order valence-electron chi connectivity index (χ4n) is 8.54. The first kappa shape index (κ1) is 47.0. The Morgan fingerprint density at radius 3 is 1.04 bits per heavy atom. The van der Waals surface area contributed by atoms with Crippen LogP contribution in [-0.2, 0) is 9.59 Å². The molecule has 4 rings (SSSR count). The summed E-state index contributed by atoms with van der Waals surface area (Å²) in [6.45, 7) is 5.84. The van der Waals surface area contributed by atoms with E-state index in [-0.39, 0.29) is 11.8 Å². The Morgan fingerprint density at radius 2 is 0.750 bits per heavy atom. The standard InChI is InChI=1S/C48H74BBrN2O2S2/c1-3-5-7-9-11-13-15-17-19-21-23-25-27-29-31-37-51-45(39-33-35-41(49)55-39)43-44(48(51)54)46(40-34-36-42(50)56-40)52(47(43)53)38-32-30-28-26-24-22-20-18-16-14-12-10-8-6-4-2/h33-36H,3-32,37-38H2,1-2H3. The number of fused-ring (bicyclic) bond motifs is 1. The summed E-state index contributed by atoms with van der Waals surface area (Å²) >= 11 is 6.73. The van der Waals surface area contributed by atoms with Crippen molar-refractivity contribution >= 4 is 74.4 Å². The van der Waals surface area contributed by atoms with Gasteiger partial charge in [0.1, 0.15) is 7.85 Å². The van der Waals surface area contributed by atoms with Crippen LogP contribution in [0.2, 0.25) is 0 Å². The summed E-state index contributed by atoms with van der Waals surface area (Å²) < 4.78 is 1.70. The molecule has 2 aliphatic rings. The second-order valence-electron chi connectivity index (χ2n) is 16.6. The van der Waals surface area contributed by atoms with Crippen LogP contribution in [-0.4, -0.2) is 42.5 Å². The summed E-state index contributed by atoms with van der Waals surface area (Å²) in [5.74, 6) is -0.0570. The van der Waals surface area contributed by atoms with Gasteiger partial charge in [-0.05, 0) is 51.7 Å². The lowest BCUT2D eigenvalue weighted by Gasteiger charge is -2.24. The molecule has 0 spiro atoms. The maximum atomic E-state index is 14.5. The average molecular weight is 866 g/mol. The Hall–Kier alpha value is -1.64. The topological polar surface area (TPSA) is 40.6 Å². The molecule has 0 saturated carbocycles. The van der Waals surface area contributed by atoms with E-state index in [4.69, 9.17) is 7.85 Å². The van der Waals surface area contributed by atoms with E-state index in [1.54, 1.807) is 11.3 Å². The van der Waals surface area contributed by atoms with Gasteiger partial charge in [-0.2, -0.15) is 11.3 Å². The van der Waals surface area contributed by atoms with Crippen LogP contribution in [0.15, 0.2) is 39.2 Å². The highest BCUT2D eigenvalue weighted by molar-refractivity contribution is 9.11. The first-order valence-electron chi connectivity index (χ1n) is 23.2. The van der Waals surface area contributed by atoms with Gasteiger partial charge in [0.25, 0.3) is 11.8 Å². The van der Waals surface area contributed by atoms with Crippen molar-refractivity contribution in [2.45, 2.75) is 206 Å². The highest BCUT2D eigenvalue weighted by Crippen LogP contribution is 2.48. The lowest BCUT2D eigenvalue weighted by Crippen LogP contribution is -2.30. The van der Waals surface area contributed by atoms with Crippen LogP contribution in [0.3, 0.4) is 0 Å². The Balaban J connectivity index is 1.25. The molecule has 2 aromatic heterocycles. The number of unbranched alkanes of at least 4 members (excludes halogenated alkanes) is 28. The number of hydrogen-bond acceptors (Lipinski definition) is 4. The van der Waals surface area contributed by atoms with Crippen LogP contribution >= 0.6 is 38.6 Å². The van der Waals surface area contributed by atoms with Crippen LogP contribution in [0.5, 0.6) is 0 Å². The van der Waals surface area contributed by atoms with Crippen molar-refractivity contribution in [2.24, 2.45) is 0 Å². The fourth-order valence-corrected chi connectivity index (χ4v) is 10.8. The number of carbonyl (C=O) groups excluding carboxylic acids is 2. The smallest absolute Gasteiger partial charge is 0.261 e. The highest BCUT2D eigenvalue weighted by atomic mass is 79.9. The monoisotopic (exact) mass is 864 g/mol. The second-order valence-corrected chi connectivity index (χ2v) is 20.1. The maximum absolute atomic E-state index is 14.5. The van der Waals surface area contributed by atoms with Crippen molar-refractivity contribution < 1.29 is 9.59 Å². The maximum Gasteiger partial charge on any atom is 0.261 e. The van der Waals surface area contributed by atoms with E-state index in [1.807, 2.05) is 28.0 Å². The second kappa shape index (κ2) is 27.9. The molecule has 0 bridgehead atoms. The van der Waals surface area contributed by atoms with E-state index in [9.17, 15) is 9.59 Å². The molecule has 2 radical (unpaired) electrons. The van der Waals surface area contributed by atoms with Gasteiger partial charge in [-0.25, -0.2) is 0 Å². The summed E-state index contributed by atoms with van der Waals surface area (Å²) in [6.07, 6.45) is 39.3. The van der Waals surface area contributed by atoms with E-state index in [0.29, 0.717) is 29.0 Å². The quantitative estimate of drug-likeness (QED) is 0.0519. The van der Waals surface area contributed by atoms with Gasteiger partial charge in [-0.15, -0.1) is 11.3 Å². The average Bonchev–Trinajstić information content (AvgIpc) is 3.95. The molecule has 0 unspecified atom stereocenters. The van der Waals surface area contributed by atoms with Crippen LogP contribution in [0.1, 0.15) is 216 Å². The number of thiophene rings is 2. The normalized spacial score (nSPS) is 14.4. The zero-order valence-electron chi connectivity index (χ0n) is 35.4. The molecule has 56 heavy (non-hydrogen) atoms. The molecule has 4 nitrogen and oxygen atoms in total. The number of amides is 2. The van der Waals surface area contributed by atoms with Crippen LogP contribution < -0.4 is 4.78 Å². The van der Waals surface area contributed by atoms with E-state index in [0.717, 1.165) is 50.6 Å². The summed E-state index contributed by atoms with van der Waals surface area (Å²) in [5.41, 5.74) is 2.75. The number of nitrogens with zero attached hydrogens (tertiary/aromatic N) is 2. The Labute approximate surface area is 360 Å². The van der Waals surface area contributed by atoms with E-state index < -0.39 is 0 Å². The molecule has 0 aromatic carbocycles. The first-order valence-corrected chi connectivity index (χ1v) is 25.6. The molecule has 0 saturated heterocycles. The first-order chi connectivity index (χ1) is 27.5. The van der Waals surface area contributed by atoms with Gasteiger partial charge in [0.15, 0.2) is 0 Å². The molecule has 8 heteroatoms. The zero-order valence-corrected chi connectivity index (χ0v) is 38.6. The molecule has 0 aliphatic carbocycles. The van der Waals surface area contributed by atoms with E-state index in [2.05, 4.69) is 35.8 Å². The lowest BCUT2D eigenvalue weighted by atomic mass is 10.0. The van der Waals surface area contributed by atoms with E-state index in [1.165, 1.54) is 178 Å². The molecule has 310 valence electrons.